The molecule has 1 aromatic carbocycles. The van der Waals surface area contributed by atoms with Crippen molar-refractivity contribution in [1.82, 2.24) is 9.80 Å². The Morgan fingerprint density at radius 3 is 2.47 bits per heavy atom. The number of anilines is 1. The van der Waals surface area contributed by atoms with Gasteiger partial charge in [-0.3, -0.25) is 14.4 Å². The van der Waals surface area contributed by atoms with Crippen molar-refractivity contribution in [1.29, 1.82) is 0 Å². The average Bonchev–Trinajstić information content (AvgIpc) is 2.66. The fraction of sp³-hybridized carbons (Fsp3) is 0.650. The summed E-state index contributed by atoms with van der Waals surface area (Å²) in [6.07, 6.45) is -5.15. The van der Waals surface area contributed by atoms with Crippen molar-refractivity contribution < 1.29 is 35.9 Å². The zero-order valence-electron chi connectivity index (χ0n) is 18.8. The van der Waals surface area contributed by atoms with Gasteiger partial charge in [-0.1, -0.05) is 6.92 Å². The third-order valence-electron chi connectivity index (χ3n) is 5.38. The number of nitrogens with zero attached hydrogens (tertiary/aromatic N) is 2. The number of nitrogens with one attached hydrogen (secondary N) is 1. The zero-order chi connectivity index (χ0) is 24.3. The number of alkyl halides is 3. The monoisotopic (exact) mass is 481 g/mol. The fourth-order valence-electron chi connectivity index (χ4n) is 3.45. The molecule has 0 spiro atoms. The van der Waals surface area contributed by atoms with Crippen molar-refractivity contribution in [3.63, 3.8) is 0 Å². The van der Waals surface area contributed by atoms with E-state index < -0.39 is 27.9 Å². The Hall–Kier alpha value is -2.05. The third-order valence-corrected chi connectivity index (χ3v) is 6.64. The number of benzene rings is 1. The molecule has 0 aromatic heterocycles. The van der Waals surface area contributed by atoms with Crippen LogP contribution in [0.5, 0.6) is 5.75 Å². The molecule has 0 bridgehead atoms. The van der Waals surface area contributed by atoms with Crippen LogP contribution < -0.4 is 9.46 Å². The smallest absolute Gasteiger partial charge is 0.404 e. The van der Waals surface area contributed by atoms with Crippen LogP contribution in [-0.2, 0) is 14.8 Å². The highest BCUT2D eigenvalue weighted by Gasteiger charge is 2.35. The average molecular weight is 482 g/mol. The Kier molecular flexibility index (Phi) is 8.40. The van der Waals surface area contributed by atoms with E-state index in [1.807, 2.05) is 25.6 Å². The molecule has 0 fully saturated rings. The topological polar surface area (TPSA) is 88.2 Å². The predicted molar refractivity (Wildman–Crippen MR) is 114 cm³/mol. The van der Waals surface area contributed by atoms with Gasteiger partial charge in [-0.05, 0) is 38.1 Å². The molecule has 1 aliphatic heterocycles. The summed E-state index contributed by atoms with van der Waals surface area (Å²) in [5.41, 5.74) is -0.120. The normalized spacial score (nSPS) is 24.2. The SMILES string of the molecule is CO[C@@H]1CN(C)C(=O)c2cc(NS(=O)(=O)CC(F)(F)F)ccc2OC[C@@H](C)N(C)C[C@H]1C. The highest BCUT2D eigenvalue weighted by atomic mass is 32.2. The second kappa shape index (κ2) is 10.3. The number of amides is 1. The lowest BCUT2D eigenvalue weighted by molar-refractivity contribution is -0.106. The van der Waals surface area contributed by atoms with Gasteiger partial charge in [0.2, 0.25) is 10.0 Å². The van der Waals surface area contributed by atoms with Gasteiger partial charge in [0.05, 0.1) is 11.7 Å². The molecule has 8 nitrogen and oxygen atoms in total. The summed E-state index contributed by atoms with van der Waals surface area (Å²) in [4.78, 5) is 16.7. The molecule has 0 saturated carbocycles. The van der Waals surface area contributed by atoms with Gasteiger partial charge in [0.15, 0.2) is 5.75 Å². The number of carbonyl (C=O) groups excluding carboxylic acids is 1. The van der Waals surface area contributed by atoms with Gasteiger partial charge in [0, 0.05) is 39.0 Å². The lowest BCUT2D eigenvalue weighted by Gasteiger charge is -2.34. The van der Waals surface area contributed by atoms with Crippen molar-refractivity contribution in [2.45, 2.75) is 32.2 Å². The fourth-order valence-corrected chi connectivity index (χ4v) is 4.44. The predicted octanol–water partition coefficient (Wildman–Crippen LogP) is 2.43. The molecule has 1 aliphatic rings. The summed E-state index contributed by atoms with van der Waals surface area (Å²) >= 11 is 0. The van der Waals surface area contributed by atoms with Gasteiger partial charge < -0.3 is 14.4 Å². The Morgan fingerprint density at radius 2 is 1.88 bits per heavy atom. The molecule has 32 heavy (non-hydrogen) atoms. The number of methoxy groups -OCH3 is 1. The van der Waals surface area contributed by atoms with Crippen LogP contribution in [0.15, 0.2) is 18.2 Å². The second-order valence-corrected chi connectivity index (χ2v) is 9.95. The van der Waals surface area contributed by atoms with Crippen molar-refractivity contribution in [2.75, 3.05) is 51.4 Å². The van der Waals surface area contributed by atoms with Crippen LogP contribution in [0, 0.1) is 5.92 Å². The molecule has 182 valence electrons. The number of sulfonamides is 1. The summed E-state index contributed by atoms with van der Waals surface area (Å²) in [7, 11) is 0.404. The van der Waals surface area contributed by atoms with E-state index in [4.69, 9.17) is 9.47 Å². The van der Waals surface area contributed by atoms with Crippen LogP contribution in [0.1, 0.15) is 24.2 Å². The number of halogens is 3. The van der Waals surface area contributed by atoms with Crippen LogP contribution in [0.2, 0.25) is 0 Å². The van der Waals surface area contributed by atoms with Crippen molar-refractivity contribution in [2.24, 2.45) is 5.92 Å². The van der Waals surface area contributed by atoms with Gasteiger partial charge in [-0.25, -0.2) is 8.42 Å². The first-order chi connectivity index (χ1) is 14.7. The maximum absolute atomic E-state index is 13.1. The maximum atomic E-state index is 13.1. The minimum absolute atomic E-state index is 0.0000270. The van der Waals surface area contributed by atoms with Crippen LogP contribution in [0.4, 0.5) is 18.9 Å². The minimum Gasteiger partial charge on any atom is -0.491 e. The van der Waals surface area contributed by atoms with E-state index >= 15 is 0 Å². The standard InChI is InChI=1S/C20H30F3N3O5S/c1-13-9-25(3)14(2)11-31-17-7-6-15(24-32(28,29)12-20(21,22)23)8-16(17)19(27)26(4)10-18(13)30-5/h6-8,13-14,18,24H,9-12H2,1-5H3/t13-,14-,18-/m1/s1. The van der Waals surface area contributed by atoms with Crippen LogP contribution in [0.25, 0.3) is 0 Å². The van der Waals surface area contributed by atoms with E-state index in [0.717, 1.165) is 6.54 Å². The summed E-state index contributed by atoms with van der Waals surface area (Å²) in [6.45, 7) is 5.22. The first kappa shape index (κ1) is 26.2. The number of likely N-dealkylation sites (N-methyl/N-ethyl adjacent to an activating group) is 2. The number of hydrogen-bond donors (Lipinski definition) is 1. The summed E-state index contributed by atoms with van der Waals surface area (Å²) in [5.74, 6) is -2.18. The van der Waals surface area contributed by atoms with Crippen LogP contribution in [0.3, 0.4) is 0 Å². The largest absolute Gasteiger partial charge is 0.491 e. The Labute approximate surface area is 186 Å². The molecule has 1 heterocycles. The van der Waals surface area contributed by atoms with Gasteiger partial charge in [0.1, 0.15) is 12.4 Å². The number of hydrogen-bond acceptors (Lipinski definition) is 6. The number of carbonyl (C=O) groups is 1. The number of rotatable bonds is 4. The van der Waals surface area contributed by atoms with Gasteiger partial charge >= 0.3 is 6.18 Å². The van der Waals surface area contributed by atoms with E-state index in [-0.39, 0.29) is 48.2 Å². The minimum atomic E-state index is -4.89. The quantitative estimate of drug-likeness (QED) is 0.711. The Bertz CT molecular complexity index is 910. The molecule has 0 aliphatic carbocycles. The van der Waals surface area contributed by atoms with Crippen molar-refractivity contribution >= 4 is 21.6 Å². The molecule has 0 radical (unpaired) electrons. The highest BCUT2D eigenvalue weighted by molar-refractivity contribution is 7.92. The summed E-state index contributed by atoms with van der Waals surface area (Å²) in [5, 5.41) is 0. The maximum Gasteiger partial charge on any atom is 0.404 e. The third kappa shape index (κ3) is 7.24. The number of ether oxygens (including phenoxy) is 2. The van der Waals surface area contributed by atoms with Gasteiger partial charge in [-0.2, -0.15) is 13.2 Å². The highest BCUT2D eigenvalue weighted by Crippen LogP contribution is 2.27. The summed E-state index contributed by atoms with van der Waals surface area (Å²) < 4.78 is 74.7. The lowest BCUT2D eigenvalue weighted by atomic mass is 10.0. The van der Waals surface area contributed by atoms with Crippen LogP contribution >= 0.6 is 0 Å². The Balaban J connectivity index is 2.41. The van der Waals surface area contributed by atoms with E-state index in [0.29, 0.717) is 0 Å². The molecule has 0 saturated heterocycles. The van der Waals surface area contributed by atoms with Crippen LogP contribution in [-0.4, -0.2) is 89.1 Å². The van der Waals surface area contributed by atoms with Gasteiger partial charge in [-0.15, -0.1) is 0 Å². The molecule has 0 unspecified atom stereocenters. The molecule has 1 N–H and O–H groups in total. The summed E-state index contributed by atoms with van der Waals surface area (Å²) in [6, 6.07) is 3.83. The van der Waals surface area contributed by atoms with Gasteiger partial charge in [0.25, 0.3) is 5.91 Å². The molecule has 1 aromatic rings. The van der Waals surface area contributed by atoms with E-state index in [1.165, 1.54) is 23.1 Å². The van der Waals surface area contributed by atoms with E-state index in [1.54, 1.807) is 14.2 Å². The molecular formula is C20H30F3N3O5S. The molecule has 12 heteroatoms. The zero-order valence-corrected chi connectivity index (χ0v) is 19.6. The molecule has 3 atom stereocenters. The lowest BCUT2D eigenvalue weighted by Crippen LogP contribution is -2.45. The molecule has 2 rings (SSSR count). The molecule has 1 amide bonds. The first-order valence-electron chi connectivity index (χ1n) is 10.0. The Morgan fingerprint density at radius 1 is 1.22 bits per heavy atom. The molecular weight excluding hydrogens is 451 g/mol. The van der Waals surface area contributed by atoms with Crippen molar-refractivity contribution in [3.05, 3.63) is 23.8 Å². The first-order valence-corrected chi connectivity index (χ1v) is 11.7. The second-order valence-electron chi connectivity index (χ2n) is 8.22. The van der Waals surface area contributed by atoms with E-state index in [9.17, 15) is 26.4 Å². The number of fused-ring (bicyclic) bond motifs is 1. The van der Waals surface area contributed by atoms with Crippen molar-refractivity contribution in [3.8, 4) is 5.75 Å². The van der Waals surface area contributed by atoms with E-state index in [2.05, 4.69) is 4.90 Å².